The molecule has 0 amide bonds. The normalized spacial score (nSPS) is 11.7. The Morgan fingerprint density at radius 1 is 0.529 bits per heavy atom. The zero-order valence-electron chi connectivity index (χ0n) is 19.2. The van der Waals surface area contributed by atoms with Crippen molar-refractivity contribution in [2.24, 2.45) is 0 Å². The lowest BCUT2D eigenvalue weighted by molar-refractivity contribution is 0.111. The van der Waals surface area contributed by atoms with Gasteiger partial charge in [-0.15, -0.1) is 0 Å². The van der Waals surface area contributed by atoms with Crippen molar-refractivity contribution in [1.82, 2.24) is 9.13 Å². The number of aldehydes is 2. The highest BCUT2D eigenvalue weighted by molar-refractivity contribution is 6.12. The van der Waals surface area contributed by atoms with Crippen LogP contribution in [0.3, 0.4) is 0 Å². The fourth-order valence-electron chi connectivity index (χ4n) is 5.43. The zero-order chi connectivity index (χ0) is 23.4. The topological polar surface area (TPSA) is 44.0 Å². The van der Waals surface area contributed by atoms with Crippen LogP contribution in [0, 0.1) is 0 Å². The molecule has 0 fully saturated rings. The third-order valence-electron chi connectivity index (χ3n) is 7.02. The zero-order valence-corrected chi connectivity index (χ0v) is 19.2. The van der Waals surface area contributed by atoms with Crippen LogP contribution in [0.25, 0.3) is 54.7 Å². The second-order valence-electron chi connectivity index (χ2n) is 8.74. The van der Waals surface area contributed by atoms with Gasteiger partial charge in [-0.1, -0.05) is 12.1 Å². The van der Waals surface area contributed by atoms with Crippen LogP contribution in [0.4, 0.5) is 0 Å². The van der Waals surface area contributed by atoms with Gasteiger partial charge in [-0.25, -0.2) is 0 Å². The van der Waals surface area contributed by atoms with E-state index in [0.717, 1.165) is 69.4 Å². The maximum absolute atomic E-state index is 11.4. The first-order valence-corrected chi connectivity index (χ1v) is 11.7. The minimum Gasteiger partial charge on any atom is -0.341 e. The number of carbonyl (C=O) groups is 2. The molecule has 4 nitrogen and oxygen atoms in total. The van der Waals surface area contributed by atoms with Crippen molar-refractivity contribution >= 4 is 56.2 Å². The predicted molar refractivity (Wildman–Crippen MR) is 140 cm³/mol. The van der Waals surface area contributed by atoms with E-state index in [4.69, 9.17) is 0 Å². The average molecular weight is 445 g/mol. The highest BCUT2D eigenvalue weighted by Gasteiger charge is 2.14. The van der Waals surface area contributed by atoms with E-state index in [2.05, 4.69) is 59.4 Å². The number of nitrogens with zero attached hydrogens (tertiary/aromatic N) is 2. The maximum atomic E-state index is 11.4. The van der Waals surface area contributed by atoms with Gasteiger partial charge in [0.1, 0.15) is 12.6 Å². The summed E-state index contributed by atoms with van der Waals surface area (Å²) in [7, 11) is 0. The van der Waals surface area contributed by atoms with Crippen molar-refractivity contribution in [3.05, 3.63) is 83.9 Å². The van der Waals surface area contributed by atoms with Crippen LogP contribution in [-0.2, 0) is 13.1 Å². The first-order valence-electron chi connectivity index (χ1n) is 11.7. The number of carbonyl (C=O) groups excluding carboxylic acids is 2. The molecule has 0 atom stereocenters. The Morgan fingerprint density at radius 3 is 1.24 bits per heavy atom. The lowest BCUT2D eigenvalue weighted by Crippen LogP contribution is -1.93. The third-order valence-corrected chi connectivity index (χ3v) is 7.02. The Hall–Kier alpha value is -4.18. The SMILES string of the molecule is CCn1c2ccc(C=O)cc2c2cc(-c3ccc4c(c3)c3cc(C=O)ccc3n4CC)ccc21. The summed E-state index contributed by atoms with van der Waals surface area (Å²) in [4.78, 5) is 22.8. The molecule has 34 heavy (non-hydrogen) atoms. The van der Waals surface area contributed by atoms with Gasteiger partial charge in [0.05, 0.1) is 0 Å². The van der Waals surface area contributed by atoms with Crippen LogP contribution in [-0.4, -0.2) is 21.7 Å². The second-order valence-corrected chi connectivity index (χ2v) is 8.74. The molecule has 0 unspecified atom stereocenters. The van der Waals surface area contributed by atoms with Crippen molar-refractivity contribution in [2.75, 3.05) is 0 Å². The summed E-state index contributed by atoms with van der Waals surface area (Å²) in [6, 6.07) is 25.0. The highest BCUT2D eigenvalue weighted by atomic mass is 16.1. The predicted octanol–water partition coefficient (Wildman–Crippen LogP) is 7.23. The van der Waals surface area contributed by atoms with Crippen LogP contribution in [0.1, 0.15) is 34.6 Å². The van der Waals surface area contributed by atoms with Gasteiger partial charge in [0.2, 0.25) is 0 Å². The minimum absolute atomic E-state index is 0.688. The number of hydrogen-bond donors (Lipinski definition) is 0. The summed E-state index contributed by atoms with van der Waals surface area (Å²) >= 11 is 0. The minimum atomic E-state index is 0.688. The largest absolute Gasteiger partial charge is 0.341 e. The van der Waals surface area contributed by atoms with Crippen molar-refractivity contribution in [3.63, 3.8) is 0 Å². The van der Waals surface area contributed by atoms with Gasteiger partial charge in [-0.2, -0.15) is 0 Å². The fraction of sp³-hybridized carbons (Fsp3) is 0.133. The molecule has 4 heteroatoms. The molecule has 4 aromatic carbocycles. The molecule has 2 heterocycles. The molecule has 0 radical (unpaired) electrons. The van der Waals surface area contributed by atoms with Crippen molar-refractivity contribution in [1.29, 1.82) is 0 Å². The molecule has 0 N–H and O–H groups in total. The molecule has 0 spiro atoms. The number of rotatable bonds is 5. The Morgan fingerprint density at radius 2 is 0.882 bits per heavy atom. The molecule has 6 aromatic rings. The van der Waals surface area contributed by atoms with Crippen LogP contribution < -0.4 is 0 Å². The summed E-state index contributed by atoms with van der Waals surface area (Å²) in [6.45, 7) is 6.01. The molecule has 0 saturated carbocycles. The van der Waals surface area contributed by atoms with Crippen molar-refractivity contribution < 1.29 is 9.59 Å². The molecule has 0 bridgehead atoms. The first kappa shape index (κ1) is 20.4. The van der Waals surface area contributed by atoms with Gasteiger partial charge in [-0.05, 0) is 85.6 Å². The summed E-state index contributed by atoms with van der Waals surface area (Å²) < 4.78 is 4.59. The number of hydrogen-bond acceptors (Lipinski definition) is 2. The number of aromatic nitrogens is 2. The Labute approximate surface area is 197 Å². The maximum Gasteiger partial charge on any atom is 0.150 e. The van der Waals surface area contributed by atoms with E-state index >= 15 is 0 Å². The molecule has 6 rings (SSSR count). The van der Waals surface area contributed by atoms with Gasteiger partial charge in [0.15, 0.2) is 0 Å². The highest BCUT2D eigenvalue weighted by Crippen LogP contribution is 2.36. The molecular formula is C30H24N2O2. The molecule has 0 aliphatic rings. The fourth-order valence-corrected chi connectivity index (χ4v) is 5.43. The van der Waals surface area contributed by atoms with Crippen LogP contribution in [0.2, 0.25) is 0 Å². The van der Waals surface area contributed by atoms with Crippen LogP contribution >= 0.6 is 0 Å². The Bertz CT molecular complexity index is 1640. The number of fused-ring (bicyclic) bond motifs is 6. The molecule has 0 saturated heterocycles. The Kier molecular flexibility index (Phi) is 4.63. The van der Waals surface area contributed by atoms with E-state index in [1.54, 1.807) is 0 Å². The summed E-state index contributed by atoms with van der Waals surface area (Å²) in [6.07, 6.45) is 1.81. The molecular weight excluding hydrogens is 420 g/mol. The van der Waals surface area contributed by atoms with E-state index in [-0.39, 0.29) is 0 Å². The van der Waals surface area contributed by atoms with E-state index in [9.17, 15) is 9.59 Å². The van der Waals surface area contributed by atoms with E-state index < -0.39 is 0 Å². The second kappa shape index (κ2) is 7.70. The first-order chi connectivity index (χ1) is 16.7. The number of benzene rings is 4. The standard InChI is InChI=1S/C30H24N2O2/c1-3-31-27-9-5-19(17-33)13-23(27)25-15-21(7-11-29(25)31)22-8-12-30-26(16-22)24-14-20(18-34)6-10-28(24)32(30)4-2/h5-18H,3-4H2,1-2H3. The Balaban J connectivity index is 1.61. The monoisotopic (exact) mass is 444 g/mol. The van der Waals surface area contributed by atoms with Gasteiger partial charge < -0.3 is 9.13 Å². The smallest absolute Gasteiger partial charge is 0.150 e. The van der Waals surface area contributed by atoms with E-state index in [0.29, 0.717) is 11.1 Å². The third kappa shape index (κ3) is 2.85. The van der Waals surface area contributed by atoms with Gasteiger partial charge in [0.25, 0.3) is 0 Å². The van der Waals surface area contributed by atoms with Crippen LogP contribution in [0.15, 0.2) is 72.8 Å². The average Bonchev–Trinajstić information content (AvgIpc) is 3.38. The van der Waals surface area contributed by atoms with Gasteiger partial charge >= 0.3 is 0 Å². The molecule has 0 aliphatic carbocycles. The number of aryl methyl sites for hydroxylation is 2. The van der Waals surface area contributed by atoms with Gasteiger partial charge in [0, 0.05) is 67.8 Å². The summed E-state index contributed by atoms with van der Waals surface area (Å²) in [5.41, 5.74) is 8.26. The molecule has 2 aromatic heterocycles. The lowest BCUT2D eigenvalue weighted by atomic mass is 10.00. The lowest BCUT2D eigenvalue weighted by Gasteiger charge is -2.06. The summed E-state index contributed by atoms with van der Waals surface area (Å²) in [5.74, 6) is 0. The van der Waals surface area contributed by atoms with E-state index in [1.807, 2.05) is 36.4 Å². The molecule has 166 valence electrons. The van der Waals surface area contributed by atoms with Crippen LogP contribution in [0.5, 0.6) is 0 Å². The quantitative estimate of drug-likeness (QED) is 0.263. The summed E-state index contributed by atoms with van der Waals surface area (Å²) in [5, 5.41) is 4.50. The van der Waals surface area contributed by atoms with Crippen molar-refractivity contribution in [2.45, 2.75) is 26.9 Å². The van der Waals surface area contributed by atoms with Gasteiger partial charge in [-0.3, -0.25) is 9.59 Å². The van der Waals surface area contributed by atoms with E-state index in [1.165, 1.54) is 11.0 Å². The molecule has 0 aliphatic heterocycles. The van der Waals surface area contributed by atoms with Crippen molar-refractivity contribution in [3.8, 4) is 11.1 Å².